The number of aryl methyl sites for hydroxylation is 1. The van der Waals surface area contributed by atoms with Crippen LogP contribution in [0.1, 0.15) is 49.2 Å². The maximum absolute atomic E-state index is 12.9. The van der Waals surface area contributed by atoms with E-state index >= 15 is 0 Å². The molecule has 2 aromatic heterocycles. The van der Waals surface area contributed by atoms with Crippen molar-refractivity contribution in [2.75, 3.05) is 11.1 Å². The molecule has 0 radical (unpaired) electrons. The summed E-state index contributed by atoms with van der Waals surface area (Å²) in [6.07, 6.45) is 2.75. The summed E-state index contributed by atoms with van der Waals surface area (Å²) < 4.78 is 32.4. The number of pyridine rings is 1. The summed E-state index contributed by atoms with van der Waals surface area (Å²) >= 11 is 0. The number of hydrogen-bond acceptors (Lipinski definition) is 7. The summed E-state index contributed by atoms with van der Waals surface area (Å²) in [6, 6.07) is 5.57. The lowest BCUT2D eigenvalue weighted by Gasteiger charge is -2.28. The number of nitrogens with one attached hydrogen (secondary N) is 2. The van der Waals surface area contributed by atoms with E-state index in [4.69, 9.17) is 4.74 Å². The molecule has 0 saturated carbocycles. The summed E-state index contributed by atoms with van der Waals surface area (Å²) in [4.78, 5) is 29.4. The van der Waals surface area contributed by atoms with Crippen LogP contribution >= 0.6 is 0 Å². The van der Waals surface area contributed by atoms with Crippen molar-refractivity contribution in [1.29, 1.82) is 0 Å². The summed E-state index contributed by atoms with van der Waals surface area (Å²) in [5.41, 5.74) is 1.06. The number of ether oxygens (including phenoxy) is 1. The number of sulfone groups is 1. The Kier molecular flexibility index (Phi) is 5.61. The van der Waals surface area contributed by atoms with E-state index in [1.54, 1.807) is 63.1 Å². The zero-order valence-corrected chi connectivity index (χ0v) is 19.6. The predicted molar refractivity (Wildman–Crippen MR) is 122 cm³/mol. The zero-order valence-electron chi connectivity index (χ0n) is 18.7. The fraction of sp³-hybridized carbons (Fsp3) is 0.364. The number of rotatable bonds is 3. The second kappa shape index (κ2) is 8.14. The smallest absolute Gasteiger partial charge is 0.408 e. The summed E-state index contributed by atoms with van der Waals surface area (Å²) in [5.74, 6) is -0.613. The van der Waals surface area contributed by atoms with E-state index in [9.17, 15) is 18.0 Å². The van der Waals surface area contributed by atoms with Crippen LogP contribution in [0.2, 0.25) is 0 Å². The van der Waals surface area contributed by atoms with Crippen LogP contribution in [0.25, 0.3) is 11.0 Å². The maximum atomic E-state index is 12.9. The Balaban J connectivity index is 1.61. The molecule has 0 fully saturated rings. The molecule has 2 amide bonds. The van der Waals surface area contributed by atoms with Crippen molar-refractivity contribution in [3.05, 3.63) is 47.8 Å². The predicted octanol–water partition coefficient (Wildman–Crippen LogP) is 2.96. The molecule has 2 N–H and O–H groups in total. The zero-order chi connectivity index (χ0) is 24.0. The highest BCUT2D eigenvalue weighted by molar-refractivity contribution is 7.91. The van der Waals surface area contributed by atoms with Crippen molar-refractivity contribution in [3.63, 3.8) is 0 Å². The molecule has 1 aromatic carbocycles. The van der Waals surface area contributed by atoms with E-state index in [1.165, 1.54) is 6.07 Å². The van der Waals surface area contributed by atoms with Crippen LogP contribution in [-0.4, -0.2) is 46.5 Å². The molecule has 1 atom stereocenters. The summed E-state index contributed by atoms with van der Waals surface area (Å²) in [7, 11) is -1.85. The number of aromatic nitrogens is 3. The first-order chi connectivity index (χ1) is 15.4. The van der Waals surface area contributed by atoms with Crippen molar-refractivity contribution >= 4 is 38.6 Å². The minimum absolute atomic E-state index is 0.0312. The van der Waals surface area contributed by atoms with Crippen LogP contribution in [-0.2, 0) is 21.6 Å². The van der Waals surface area contributed by atoms with E-state index in [1.807, 2.05) is 0 Å². The van der Waals surface area contributed by atoms with Gasteiger partial charge in [-0.15, -0.1) is 0 Å². The number of carbonyl (C=O) groups is 2. The molecular weight excluding hydrogens is 446 g/mol. The van der Waals surface area contributed by atoms with Gasteiger partial charge in [-0.25, -0.2) is 18.2 Å². The molecule has 4 rings (SSSR count). The molecule has 3 aromatic rings. The molecule has 1 aliphatic rings. The van der Waals surface area contributed by atoms with Crippen LogP contribution in [0.5, 0.6) is 0 Å². The first-order valence-electron chi connectivity index (χ1n) is 10.4. The van der Waals surface area contributed by atoms with Crippen molar-refractivity contribution in [2.45, 2.75) is 43.7 Å². The van der Waals surface area contributed by atoms with Gasteiger partial charge in [0.1, 0.15) is 5.60 Å². The third kappa shape index (κ3) is 4.68. The Morgan fingerprint density at radius 2 is 1.97 bits per heavy atom. The van der Waals surface area contributed by atoms with Gasteiger partial charge in [0.15, 0.2) is 15.5 Å². The van der Waals surface area contributed by atoms with E-state index < -0.39 is 33.5 Å². The lowest BCUT2D eigenvalue weighted by atomic mass is 10.0. The van der Waals surface area contributed by atoms with Gasteiger partial charge in [0.2, 0.25) is 0 Å². The molecule has 174 valence electrons. The van der Waals surface area contributed by atoms with Crippen LogP contribution in [0.15, 0.2) is 41.6 Å². The third-order valence-corrected chi connectivity index (χ3v) is 7.03. The minimum atomic E-state index is -3.60. The molecule has 0 aliphatic carbocycles. The lowest BCUT2D eigenvalue weighted by Crippen LogP contribution is -2.37. The van der Waals surface area contributed by atoms with Gasteiger partial charge in [0, 0.05) is 18.8 Å². The molecule has 1 unspecified atom stereocenters. The van der Waals surface area contributed by atoms with E-state index in [0.717, 1.165) is 0 Å². The number of nitrogens with zero attached hydrogens (tertiary/aromatic N) is 3. The normalized spacial score (nSPS) is 17.3. The second-order valence-corrected chi connectivity index (χ2v) is 11.0. The van der Waals surface area contributed by atoms with Crippen molar-refractivity contribution in [1.82, 2.24) is 20.1 Å². The molecular formula is C22H25N5O5S. The topological polar surface area (TPSA) is 132 Å². The number of benzene rings is 1. The fourth-order valence-corrected chi connectivity index (χ4v) is 5.36. The van der Waals surface area contributed by atoms with E-state index in [2.05, 4.69) is 20.7 Å². The van der Waals surface area contributed by atoms with Gasteiger partial charge >= 0.3 is 6.09 Å². The number of fused-ring (bicyclic) bond motifs is 2. The summed E-state index contributed by atoms with van der Waals surface area (Å²) in [6.45, 7) is 5.25. The number of alkyl carbamates (subject to hydrolysis) is 1. The van der Waals surface area contributed by atoms with E-state index in [-0.39, 0.29) is 22.6 Å². The van der Waals surface area contributed by atoms with Gasteiger partial charge in [-0.1, -0.05) is 6.07 Å². The van der Waals surface area contributed by atoms with Gasteiger partial charge in [-0.2, -0.15) is 5.10 Å². The fourth-order valence-electron chi connectivity index (χ4n) is 3.72. The Bertz CT molecular complexity index is 1360. The highest BCUT2D eigenvalue weighted by Crippen LogP contribution is 2.33. The van der Waals surface area contributed by atoms with Crippen molar-refractivity contribution in [2.24, 2.45) is 7.05 Å². The average molecular weight is 472 g/mol. The lowest BCUT2D eigenvalue weighted by molar-refractivity contribution is 0.0500. The minimum Gasteiger partial charge on any atom is -0.444 e. The van der Waals surface area contributed by atoms with Crippen LogP contribution < -0.4 is 10.6 Å². The molecule has 0 spiro atoms. The molecule has 11 heteroatoms. The number of hydrogen-bond donors (Lipinski definition) is 2. The van der Waals surface area contributed by atoms with Crippen LogP contribution in [0, 0.1) is 0 Å². The number of carbonyl (C=O) groups excluding carboxylic acids is 2. The Labute approximate surface area is 191 Å². The monoisotopic (exact) mass is 471 g/mol. The average Bonchev–Trinajstić information content (AvgIpc) is 3.11. The number of anilines is 1. The first-order valence-corrected chi connectivity index (χ1v) is 12.0. The molecule has 3 heterocycles. The van der Waals surface area contributed by atoms with Gasteiger partial charge < -0.3 is 15.4 Å². The van der Waals surface area contributed by atoms with Gasteiger partial charge in [0.05, 0.1) is 34.0 Å². The van der Waals surface area contributed by atoms with Crippen LogP contribution in [0.3, 0.4) is 0 Å². The maximum Gasteiger partial charge on any atom is 0.408 e. The molecule has 1 aliphatic heterocycles. The largest absolute Gasteiger partial charge is 0.444 e. The molecule has 0 saturated heterocycles. The standard InChI is InChI=1S/C22H25N5O5S/c1-22(2,3)32-21(29)26-17-8-10-33(30,31)18-11-13(5-6-14(17)18)20(28)25-16-7-9-23-19-15(16)12-24-27(19)4/h5-7,9,11-12,17H,8,10H2,1-4H3,(H,26,29)(H,23,25,28). The second-order valence-electron chi connectivity index (χ2n) is 8.88. The van der Waals surface area contributed by atoms with Crippen LogP contribution in [0.4, 0.5) is 10.5 Å². The third-order valence-electron chi connectivity index (χ3n) is 5.24. The Morgan fingerprint density at radius 1 is 1.21 bits per heavy atom. The first kappa shape index (κ1) is 22.7. The van der Waals surface area contributed by atoms with E-state index in [0.29, 0.717) is 22.3 Å². The summed E-state index contributed by atoms with van der Waals surface area (Å²) in [5, 5.41) is 10.4. The molecule has 10 nitrogen and oxygen atoms in total. The van der Waals surface area contributed by atoms with Gasteiger partial charge in [-0.05, 0) is 51.0 Å². The molecule has 33 heavy (non-hydrogen) atoms. The highest BCUT2D eigenvalue weighted by Gasteiger charge is 2.33. The van der Waals surface area contributed by atoms with Crippen molar-refractivity contribution in [3.8, 4) is 0 Å². The van der Waals surface area contributed by atoms with Gasteiger partial charge in [-0.3, -0.25) is 9.48 Å². The quantitative estimate of drug-likeness (QED) is 0.600. The van der Waals surface area contributed by atoms with Crippen molar-refractivity contribution < 1.29 is 22.7 Å². The highest BCUT2D eigenvalue weighted by atomic mass is 32.2. The Hall–Kier alpha value is -3.47. The molecule has 0 bridgehead atoms. The number of amides is 2. The SMILES string of the molecule is Cn1ncc2c(NC(=O)c3ccc4c(c3)S(=O)(=O)CCC4NC(=O)OC(C)(C)C)ccnc21. The van der Waals surface area contributed by atoms with Gasteiger partial charge in [0.25, 0.3) is 5.91 Å². The Morgan fingerprint density at radius 3 is 2.70 bits per heavy atom.